The van der Waals surface area contributed by atoms with Gasteiger partial charge >= 0.3 is 0 Å². The molecule has 1 aromatic rings. The van der Waals surface area contributed by atoms with E-state index in [0.29, 0.717) is 0 Å². The minimum atomic E-state index is 0.803. The highest BCUT2D eigenvalue weighted by atomic mass is 16.5. The van der Waals surface area contributed by atoms with E-state index in [9.17, 15) is 0 Å². The Hall–Kier alpha value is -1.02. The van der Waals surface area contributed by atoms with Gasteiger partial charge < -0.3 is 10.5 Å². The van der Waals surface area contributed by atoms with Crippen molar-refractivity contribution in [2.45, 2.75) is 46.5 Å². The molecular formula is C15H25NO. The van der Waals surface area contributed by atoms with E-state index in [2.05, 4.69) is 32.9 Å². The van der Waals surface area contributed by atoms with Crippen molar-refractivity contribution >= 4 is 0 Å². The number of aryl methyl sites for hydroxylation is 2. The van der Waals surface area contributed by atoms with Crippen LogP contribution in [-0.4, -0.2) is 13.2 Å². The van der Waals surface area contributed by atoms with Crippen molar-refractivity contribution in [1.29, 1.82) is 0 Å². The Bertz CT molecular complexity index is 347. The number of benzene rings is 1. The number of unbranched alkanes of at least 4 members (excludes halogenated alkanes) is 3. The summed E-state index contributed by atoms with van der Waals surface area (Å²) >= 11 is 0. The highest BCUT2D eigenvalue weighted by molar-refractivity contribution is 5.41. The smallest absolute Gasteiger partial charge is 0.122 e. The van der Waals surface area contributed by atoms with Crippen LogP contribution in [0.25, 0.3) is 0 Å². The van der Waals surface area contributed by atoms with Crippen LogP contribution in [0.1, 0.15) is 42.4 Å². The molecule has 2 nitrogen and oxygen atoms in total. The van der Waals surface area contributed by atoms with Crippen LogP contribution < -0.4 is 10.5 Å². The minimum absolute atomic E-state index is 0.803. The Kier molecular flexibility index (Phi) is 6.06. The van der Waals surface area contributed by atoms with E-state index in [1.54, 1.807) is 0 Å². The van der Waals surface area contributed by atoms with Gasteiger partial charge in [-0.05, 0) is 62.9 Å². The predicted octanol–water partition coefficient (Wildman–Crippen LogP) is 3.51. The van der Waals surface area contributed by atoms with Crippen LogP contribution >= 0.6 is 0 Å². The second-order valence-electron chi connectivity index (χ2n) is 4.76. The van der Waals surface area contributed by atoms with Crippen molar-refractivity contribution in [2.75, 3.05) is 13.2 Å². The summed E-state index contributed by atoms with van der Waals surface area (Å²) in [5, 5.41) is 0. The van der Waals surface area contributed by atoms with E-state index in [1.807, 2.05) is 0 Å². The molecule has 1 aromatic carbocycles. The molecule has 0 amide bonds. The first kappa shape index (κ1) is 14.0. The first-order valence-corrected chi connectivity index (χ1v) is 6.56. The van der Waals surface area contributed by atoms with E-state index >= 15 is 0 Å². The Morgan fingerprint density at radius 3 is 2.41 bits per heavy atom. The predicted molar refractivity (Wildman–Crippen MR) is 73.7 cm³/mol. The fourth-order valence-corrected chi connectivity index (χ4v) is 1.93. The molecule has 0 radical (unpaired) electrons. The van der Waals surface area contributed by atoms with E-state index in [4.69, 9.17) is 10.5 Å². The monoisotopic (exact) mass is 235 g/mol. The summed E-state index contributed by atoms with van der Waals surface area (Å²) in [6.45, 7) is 7.99. The molecule has 0 bridgehead atoms. The second-order valence-corrected chi connectivity index (χ2v) is 4.76. The molecule has 0 unspecified atom stereocenters. The normalized spacial score (nSPS) is 10.6. The van der Waals surface area contributed by atoms with Gasteiger partial charge in [0.2, 0.25) is 0 Å². The SMILES string of the molecule is Cc1cc(C)c(C)c(OCCCCCCN)c1. The summed E-state index contributed by atoms with van der Waals surface area (Å²) in [5.41, 5.74) is 9.30. The van der Waals surface area contributed by atoms with E-state index in [0.717, 1.165) is 31.7 Å². The van der Waals surface area contributed by atoms with Crippen molar-refractivity contribution in [3.63, 3.8) is 0 Å². The standard InChI is InChI=1S/C15H25NO/c1-12-10-13(2)14(3)15(11-12)17-9-7-5-4-6-8-16/h10-11H,4-9,16H2,1-3H3. The summed E-state index contributed by atoms with van der Waals surface area (Å²) in [6, 6.07) is 4.33. The molecule has 0 aromatic heterocycles. The molecule has 1 rings (SSSR count). The largest absolute Gasteiger partial charge is 0.493 e. The number of hydrogen-bond donors (Lipinski definition) is 1. The van der Waals surface area contributed by atoms with Crippen LogP contribution in [0.2, 0.25) is 0 Å². The molecule has 0 saturated heterocycles. The van der Waals surface area contributed by atoms with Crippen LogP contribution in [0.4, 0.5) is 0 Å². The van der Waals surface area contributed by atoms with Gasteiger partial charge in [0.05, 0.1) is 6.61 Å². The maximum Gasteiger partial charge on any atom is 0.122 e. The molecule has 17 heavy (non-hydrogen) atoms. The lowest BCUT2D eigenvalue weighted by atomic mass is 10.1. The molecule has 0 aliphatic heterocycles. The van der Waals surface area contributed by atoms with Crippen LogP contribution in [0.15, 0.2) is 12.1 Å². The zero-order valence-corrected chi connectivity index (χ0v) is 11.4. The minimum Gasteiger partial charge on any atom is -0.493 e. The average Bonchev–Trinajstić information content (AvgIpc) is 2.29. The topological polar surface area (TPSA) is 35.2 Å². The quantitative estimate of drug-likeness (QED) is 0.734. The van der Waals surface area contributed by atoms with E-state index in [-0.39, 0.29) is 0 Å². The van der Waals surface area contributed by atoms with Crippen LogP contribution in [-0.2, 0) is 0 Å². The van der Waals surface area contributed by atoms with E-state index < -0.39 is 0 Å². The first-order valence-electron chi connectivity index (χ1n) is 6.56. The van der Waals surface area contributed by atoms with Gasteiger partial charge in [0.15, 0.2) is 0 Å². The van der Waals surface area contributed by atoms with Gasteiger partial charge in [-0.1, -0.05) is 18.9 Å². The fraction of sp³-hybridized carbons (Fsp3) is 0.600. The maximum atomic E-state index is 5.85. The average molecular weight is 235 g/mol. The van der Waals surface area contributed by atoms with Gasteiger partial charge in [-0.15, -0.1) is 0 Å². The zero-order chi connectivity index (χ0) is 12.7. The highest BCUT2D eigenvalue weighted by Gasteiger charge is 2.03. The molecule has 0 aliphatic carbocycles. The summed E-state index contributed by atoms with van der Waals surface area (Å²) in [5.74, 6) is 1.04. The van der Waals surface area contributed by atoms with Crippen LogP contribution in [0, 0.1) is 20.8 Å². The van der Waals surface area contributed by atoms with Gasteiger partial charge in [-0.3, -0.25) is 0 Å². The molecule has 0 saturated carbocycles. The van der Waals surface area contributed by atoms with Crippen molar-refractivity contribution < 1.29 is 4.74 Å². The van der Waals surface area contributed by atoms with E-state index in [1.165, 1.54) is 29.5 Å². The third-order valence-corrected chi connectivity index (χ3v) is 3.12. The third-order valence-electron chi connectivity index (χ3n) is 3.12. The van der Waals surface area contributed by atoms with Crippen molar-refractivity contribution in [2.24, 2.45) is 5.73 Å². The molecule has 96 valence electrons. The van der Waals surface area contributed by atoms with Gasteiger partial charge in [-0.25, -0.2) is 0 Å². The first-order chi connectivity index (χ1) is 8.15. The summed E-state index contributed by atoms with van der Waals surface area (Å²) in [7, 11) is 0. The molecule has 0 spiro atoms. The maximum absolute atomic E-state index is 5.85. The zero-order valence-electron chi connectivity index (χ0n) is 11.4. The summed E-state index contributed by atoms with van der Waals surface area (Å²) < 4.78 is 5.85. The highest BCUT2D eigenvalue weighted by Crippen LogP contribution is 2.23. The summed E-state index contributed by atoms with van der Waals surface area (Å²) in [6.07, 6.45) is 4.67. The molecule has 0 heterocycles. The molecular weight excluding hydrogens is 210 g/mol. The molecule has 0 atom stereocenters. The lowest BCUT2D eigenvalue weighted by Gasteiger charge is -2.12. The third kappa shape index (κ3) is 4.78. The molecule has 0 fully saturated rings. The lowest BCUT2D eigenvalue weighted by molar-refractivity contribution is 0.302. The Morgan fingerprint density at radius 1 is 1.00 bits per heavy atom. The molecule has 0 aliphatic rings. The van der Waals surface area contributed by atoms with Crippen LogP contribution in [0.5, 0.6) is 5.75 Å². The van der Waals surface area contributed by atoms with Crippen molar-refractivity contribution in [3.8, 4) is 5.75 Å². The Balaban J connectivity index is 2.36. The number of ether oxygens (including phenoxy) is 1. The lowest BCUT2D eigenvalue weighted by Crippen LogP contribution is -2.02. The Labute approximate surface area is 105 Å². The molecule has 2 heteroatoms. The second kappa shape index (κ2) is 7.33. The van der Waals surface area contributed by atoms with Gasteiger partial charge in [0.25, 0.3) is 0 Å². The Morgan fingerprint density at radius 2 is 1.71 bits per heavy atom. The van der Waals surface area contributed by atoms with Gasteiger partial charge in [-0.2, -0.15) is 0 Å². The number of rotatable bonds is 7. The van der Waals surface area contributed by atoms with Crippen molar-refractivity contribution in [3.05, 3.63) is 28.8 Å². The number of hydrogen-bond acceptors (Lipinski definition) is 2. The van der Waals surface area contributed by atoms with Gasteiger partial charge in [0.1, 0.15) is 5.75 Å². The van der Waals surface area contributed by atoms with Crippen LogP contribution in [0.3, 0.4) is 0 Å². The van der Waals surface area contributed by atoms with Gasteiger partial charge in [0, 0.05) is 0 Å². The van der Waals surface area contributed by atoms with Crippen molar-refractivity contribution in [1.82, 2.24) is 0 Å². The molecule has 2 N–H and O–H groups in total. The summed E-state index contributed by atoms with van der Waals surface area (Å²) in [4.78, 5) is 0. The fourth-order valence-electron chi connectivity index (χ4n) is 1.93. The number of nitrogens with two attached hydrogens (primary N) is 1.